The molecule has 0 aromatic heterocycles. The van der Waals surface area contributed by atoms with E-state index in [-0.39, 0.29) is 18.1 Å². The highest BCUT2D eigenvalue weighted by Gasteiger charge is 2.35. The lowest BCUT2D eigenvalue weighted by molar-refractivity contribution is -0.148. The Kier molecular flexibility index (Phi) is 4.43. The van der Waals surface area contributed by atoms with Gasteiger partial charge in [-0.15, -0.1) is 0 Å². The molecule has 1 aliphatic rings. The van der Waals surface area contributed by atoms with Crippen molar-refractivity contribution in [2.75, 3.05) is 13.7 Å². The van der Waals surface area contributed by atoms with Crippen LogP contribution in [-0.2, 0) is 16.0 Å². The number of carbonyl (C=O) groups is 1. The van der Waals surface area contributed by atoms with E-state index in [1.165, 1.54) is 12.5 Å². The molecule has 4 nitrogen and oxygen atoms in total. The second-order valence-electron chi connectivity index (χ2n) is 5.12. The minimum absolute atomic E-state index is 0.0420. The number of nitrogens with one attached hydrogen (secondary N) is 1. The van der Waals surface area contributed by atoms with Crippen LogP contribution >= 0.6 is 0 Å². The monoisotopic (exact) mass is 263 g/mol. The quantitative estimate of drug-likeness (QED) is 0.841. The topological polar surface area (TPSA) is 47.6 Å². The van der Waals surface area contributed by atoms with Crippen molar-refractivity contribution in [2.24, 2.45) is 5.92 Å². The molecule has 1 aromatic rings. The summed E-state index contributed by atoms with van der Waals surface area (Å²) in [7, 11) is 1.66. The van der Waals surface area contributed by atoms with Crippen LogP contribution in [0.3, 0.4) is 0 Å². The first-order chi connectivity index (χ1) is 9.10. The largest absolute Gasteiger partial charge is 0.497 e. The van der Waals surface area contributed by atoms with Crippen LogP contribution < -0.4 is 10.1 Å². The number of hydrogen-bond acceptors (Lipinski definition) is 4. The minimum Gasteiger partial charge on any atom is -0.497 e. The molecule has 1 saturated heterocycles. The van der Waals surface area contributed by atoms with Gasteiger partial charge >= 0.3 is 5.97 Å². The first kappa shape index (κ1) is 13.9. The highest BCUT2D eigenvalue weighted by molar-refractivity contribution is 5.66. The number of ether oxygens (including phenoxy) is 2. The van der Waals surface area contributed by atoms with E-state index in [2.05, 4.69) is 12.2 Å². The van der Waals surface area contributed by atoms with Crippen molar-refractivity contribution in [1.82, 2.24) is 5.32 Å². The van der Waals surface area contributed by atoms with E-state index in [1.807, 2.05) is 24.3 Å². The number of methoxy groups -OCH3 is 1. The van der Waals surface area contributed by atoms with Crippen molar-refractivity contribution in [1.29, 1.82) is 0 Å². The average molecular weight is 263 g/mol. The third kappa shape index (κ3) is 3.47. The molecule has 1 aliphatic heterocycles. The molecule has 0 amide bonds. The summed E-state index contributed by atoms with van der Waals surface area (Å²) in [5.74, 6) is 1.00. The first-order valence-electron chi connectivity index (χ1n) is 6.63. The summed E-state index contributed by atoms with van der Waals surface area (Å²) < 4.78 is 10.6. The standard InChI is InChI=1S/C15H21NO3/c1-10-9-16-14(15(10)19-11(2)17)8-12-4-6-13(18-3)7-5-12/h4-7,10,14-16H,8-9H2,1-3H3/t10-,14?,15+/m0/s1. The second-order valence-corrected chi connectivity index (χ2v) is 5.12. The Morgan fingerprint density at radius 3 is 2.63 bits per heavy atom. The zero-order valence-electron chi connectivity index (χ0n) is 11.7. The normalized spacial score (nSPS) is 26.2. The van der Waals surface area contributed by atoms with E-state index in [9.17, 15) is 4.79 Å². The Morgan fingerprint density at radius 2 is 2.05 bits per heavy atom. The zero-order valence-corrected chi connectivity index (χ0v) is 11.7. The molecule has 1 heterocycles. The van der Waals surface area contributed by atoms with Crippen molar-refractivity contribution < 1.29 is 14.3 Å². The molecule has 0 bridgehead atoms. The van der Waals surface area contributed by atoms with Gasteiger partial charge in [0.1, 0.15) is 11.9 Å². The number of rotatable bonds is 4. The minimum atomic E-state index is -0.208. The Balaban J connectivity index is 2.02. The van der Waals surface area contributed by atoms with Gasteiger partial charge in [0.2, 0.25) is 0 Å². The van der Waals surface area contributed by atoms with Crippen molar-refractivity contribution >= 4 is 5.97 Å². The fraction of sp³-hybridized carbons (Fsp3) is 0.533. The Hall–Kier alpha value is -1.55. The molecule has 1 fully saturated rings. The summed E-state index contributed by atoms with van der Waals surface area (Å²) in [5.41, 5.74) is 1.21. The maximum Gasteiger partial charge on any atom is 0.302 e. The van der Waals surface area contributed by atoms with Crippen LogP contribution in [0.15, 0.2) is 24.3 Å². The lowest BCUT2D eigenvalue weighted by Gasteiger charge is -2.22. The molecule has 2 rings (SSSR count). The molecular formula is C15H21NO3. The lowest BCUT2D eigenvalue weighted by Crippen LogP contribution is -2.36. The molecule has 1 aromatic carbocycles. The maximum absolute atomic E-state index is 11.2. The van der Waals surface area contributed by atoms with E-state index in [4.69, 9.17) is 9.47 Å². The van der Waals surface area contributed by atoms with Crippen LogP contribution in [0.25, 0.3) is 0 Å². The van der Waals surface area contributed by atoms with Gasteiger partial charge in [0.25, 0.3) is 0 Å². The molecule has 0 aliphatic carbocycles. The predicted octanol–water partition coefficient (Wildman–Crippen LogP) is 1.78. The average Bonchev–Trinajstić information content (AvgIpc) is 2.72. The third-order valence-electron chi connectivity index (χ3n) is 3.58. The van der Waals surface area contributed by atoms with E-state index < -0.39 is 0 Å². The summed E-state index contributed by atoms with van der Waals surface area (Å²) in [5, 5.41) is 3.43. The zero-order chi connectivity index (χ0) is 13.8. The molecule has 0 radical (unpaired) electrons. The van der Waals surface area contributed by atoms with Gasteiger partial charge in [-0.3, -0.25) is 4.79 Å². The number of benzene rings is 1. The Morgan fingerprint density at radius 1 is 1.37 bits per heavy atom. The molecule has 104 valence electrons. The van der Waals surface area contributed by atoms with Crippen LogP contribution in [-0.4, -0.2) is 31.8 Å². The molecular weight excluding hydrogens is 242 g/mol. The van der Waals surface area contributed by atoms with Crippen LogP contribution in [0.4, 0.5) is 0 Å². The van der Waals surface area contributed by atoms with E-state index >= 15 is 0 Å². The molecule has 0 saturated carbocycles. The number of hydrogen-bond donors (Lipinski definition) is 1. The van der Waals surface area contributed by atoms with Gasteiger partial charge in [0, 0.05) is 25.4 Å². The van der Waals surface area contributed by atoms with Crippen LogP contribution in [0, 0.1) is 5.92 Å². The van der Waals surface area contributed by atoms with Crippen LogP contribution in [0.1, 0.15) is 19.4 Å². The van der Waals surface area contributed by atoms with Crippen molar-refractivity contribution in [3.05, 3.63) is 29.8 Å². The predicted molar refractivity (Wildman–Crippen MR) is 73.2 cm³/mol. The van der Waals surface area contributed by atoms with Gasteiger partial charge in [0.05, 0.1) is 7.11 Å². The fourth-order valence-corrected chi connectivity index (χ4v) is 2.56. The summed E-state index contributed by atoms with van der Waals surface area (Å²) in [6.07, 6.45) is 0.811. The van der Waals surface area contributed by atoms with Crippen LogP contribution in [0.5, 0.6) is 5.75 Å². The SMILES string of the molecule is COc1ccc(CC2NC[C@H](C)[C@H]2OC(C)=O)cc1. The second kappa shape index (κ2) is 6.06. The Labute approximate surface area is 114 Å². The summed E-state index contributed by atoms with van der Waals surface area (Å²) in [6.45, 7) is 4.46. The maximum atomic E-state index is 11.2. The fourth-order valence-electron chi connectivity index (χ4n) is 2.56. The highest BCUT2D eigenvalue weighted by atomic mass is 16.5. The summed E-state index contributed by atoms with van der Waals surface area (Å²) in [4.78, 5) is 11.2. The molecule has 1 unspecified atom stereocenters. The molecule has 19 heavy (non-hydrogen) atoms. The van der Waals surface area contributed by atoms with E-state index in [1.54, 1.807) is 7.11 Å². The van der Waals surface area contributed by atoms with Gasteiger partial charge in [0.15, 0.2) is 0 Å². The van der Waals surface area contributed by atoms with Crippen molar-refractivity contribution in [2.45, 2.75) is 32.4 Å². The summed E-state index contributed by atoms with van der Waals surface area (Å²) >= 11 is 0. The van der Waals surface area contributed by atoms with Crippen molar-refractivity contribution in [3.63, 3.8) is 0 Å². The Bertz CT molecular complexity index is 430. The van der Waals surface area contributed by atoms with Gasteiger partial charge in [-0.05, 0) is 24.1 Å². The lowest BCUT2D eigenvalue weighted by atomic mass is 9.98. The number of carbonyl (C=O) groups excluding carboxylic acids is 1. The third-order valence-corrected chi connectivity index (χ3v) is 3.58. The van der Waals surface area contributed by atoms with Crippen molar-refractivity contribution in [3.8, 4) is 5.75 Å². The van der Waals surface area contributed by atoms with Gasteiger partial charge < -0.3 is 14.8 Å². The van der Waals surface area contributed by atoms with Gasteiger partial charge in [-0.1, -0.05) is 19.1 Å². The van der Waals surface area contributed by atoms with E-state index in [0.717, 1.165) is 18.7 Å². The van der Waals surface area contributed by atoms with Gasteiger partial charge in [-0.25, -0.2) is 0 Å². The summed E-state index contributed by atoms with van der Waals surface area (Å²) in [6, 6.07) is 8.19. The first-order valence-corrected chi connectivity index (χ1v) is 6.63. The molecule has 1 N–H and O–H groups in total. The van der Waals surface area contributed by atoms with E-state index in [0.29, 0.717) is 5.92 Å². The molecule has 0 spiro atoms. The van der Waals surface area contributed by atoms with Gasteiger partial charge in [-0.2, -0.15) is 0 Å². The smallest absolute Gasteiger partial charge is 0.302 e. The molecule has 4 heteroatoms. The number of esters is 1. The molecule has 3 atom stereocenters. The highest BCUT2D eigenvalue weighted by Crippen LogP contribution is 2.22. The van der Waals surface area contributed by atoms with Crippen LogP contribution in [0.2, 0.25) is 0 Å².